The van der Waals surface area contributed by atoms with Crippen LogP contribution < -0.4 is 9.05 Å². The van der Waals surface area contributed by atoms with E-state index < -0.39 is 8.17 Å². The Kier molecular flexibility index (Phi) is 3.96. The first-order valence-corrected chi connectivity index (χ1v) is 6.82. The molecule has 0 heterocycles. The van der Waals surface area contributed by atoms with Crippen molar-refractivity contribution in [3.8, 4) is 11.5 Å². The highest BCUT2D eigenvalue weighted by Gasteiger charge is 2.17. The molecule has 0 radical (unpaired) electrons. The van der Waals surface area contributed by atoms with Crippen LogP contribution in [0.15, 0.2) is 48.5 Å². The van der Waals surface area contributed by atoms with Crippen LogP contribution in [-0.2, 0) is 0 Å². The smallest absolute Gasteiger partial charge is 0.236 e. The van der Waals surface area contributed by atoms with E-state index in [1.807, 2.05) is 62.4 Å². The number of aryl methyl sites for hydroxylation is 2. The number of hydrogen-bond donors (Lipinski definition) is 1. The Bertz CT molecular complexity index is 485. The molecular weight excluding hydrogens is 245 g/mol. The fourth-order valence-corrected chi connectivity index (χ4v) is 2.07. The van der Waals surface area contributed by atoms with E-state index in [2.05, 4.69) is 0 Å². The minimum absolute atomic E-state index is 0.661. The molecule has 0 amide bonds. The summed E-state index contributed by atoms with van der Waals surface area (Å²) in [6, 6.07) is 15.2. The van der Waals surface area contributed by atoms with E-state index in [1.165, 1.54) is 0 Å². The van der Waals surface area contributed by atoms with Crippen molar-refractivity contribution in [3.05, 3.63) is 59.7 Å². The summed E-state index contributed by atoms with van der Waals surface area (Å²) < 4.78 is 10.8. The van der Waals surface area contributed by atoms with Gasteiger partial charge in [-0.3, -0.25) is 0 Å². The third-order valence-electron chi connectivity index (χ3n) is 2.42. The minimum atomic E-state index is -1.70. The van der Waals surface area contributed by atoms with Crippen molar-refractivity contribution in [2.24, 2.45) is 0 Å². The van der Waals surface area contributed by atoms with Gasteiger partial charge in [-0.1, -0.05) is 35.4 Å². The molecule has 0 bridgehead atoms. The van der Waals surface area contributed by atoms with Crippen LogP contribution in [0.5, 0.6) is 11.5 Å². The van der Waals surface area contributed by atoms with Gasteiger partial charge in [0, 0.05) is 0 Å². The third-order valence-corrected chi connectivity index (χ3v) is 3.17. The number of benzene rings is 2. The van der Waals surface area contributed by atoms with Gasteiger partial charge in [0.1, 0.15) is 0 Å². The Morgan fingerprint density at radius 1 is 0.722 bits per heavy atom. The first kappa shape index (κ1) is 12.6. The van der Waals surface area contributed by atoms with E-state index in [9.17, 15) is 0 Å². The molecule has 18 heavy (non-hydrogen) atoms. The van der Waals surface area contributed by atoms with Gasteiger partial charge >= 0.3 is 8.17 Å². The van der Waals surface area contributed by atoms with Crippen LogP contribution in [0.3, 0.4) is 0 Å². The van der Waals surface area contributed by atoms with Crippen LogP contribution in [0.25, 0.3) is 0 Å². The van der Waals surface area contributed by atoms with E-state index >= 15 is 0 Å². The maximum Gasteiger partial charge on any atom is 0.664 e. The molecule has 92 valence electrons. The average molecular weight is 260 g/mol. The molecule has 0 aliphatic heterocycles. The maximum absolute atomic E-state index is 7.77. The Balaban J connectivity index is 1.96. The molecule has 2 aromatic carbocycles. The highest BCUT2D eigenvalue weighted by atomic mass is 31.1. The normalized spacial score (nSPS) is 9.89. The molecule has 4 heteroatoms. The topological polar surface area (TPSA) is 42.3 Å². The molecule has 3 nitrogen and oxygen atoms in total. The summed E-state index contributed by atoms with van der Waals surface area (Å²) in [5.74, 6) is 1.32. The molecule has 0 aliphatic rings. The van der Waals surface area contributed by atoms with Gasteiger partial charge in [0.2, 0.25) is 0 Å². The molecule has 1 N–H and O–H groups in total. The summed E-state index contributed by atoms with van der Waals surface area (Å²) in [5.41, 5.74) is 2.33. The summed E-state index contributed by atoms with van der Waals surface area (Å²) >= 11 is 0. The molecular formula is C14H15NO2P+. The molecule has 2 aromatic rings. The highest BCUT2D eigenvalue weighted by Crippen LogP contribution is 2.31. The molecule has 0 spiro atoms. The highest BCUT2D eigenvalue weighted by molar-refractivity contribution is 7.35. The molecule has 0 fully saturated rings. The van der Waals surface area contributed by atoms with Crippen LogP contribution >= 0.6 is 8.17 Å². The van der Waals surface area contributed by atoms with Crippen molar-refractivity contribution in [2.45, 2.75) is 13.8 Å². The first-order chi connectivity index (χ1) is 8.63. The Morgan fingerprint density at radius 3 is 1.39 bits per heavy atom. The zero-order valence-corrected chi connectivity index (χ0v) is 11.3. The Morgan fingerprint density at radius 2 is 1.06 bits per heavy atom. The van der Waals surface area contributed by atoms with Gasteiger partial charge in [-0.15, -0.1) is 0 Å². The Labute approximate surface area is 108 Å². The van der Waals surface area contributed by atoms with Crippen molar-refractivity contribution in [1.29, 1.82) is 5.16 Å². The summed E-state index contributed by atoms with van der Waals surface area (Å²) in [5, 5.41) is 7.77. The van der Waals surface area contributed by atoms with E-state index in [0.29, 0.717) is 11.5 Å². The zero-order chi connectivity index (χ0) is 13.0. The molecule has 0 saturated heterocycles. The summed E-state index contributed by atoms with van der Waals surface area (Å²) in [7, 11) is -1.70. The molecule has 0 saturated carbocycles. The van der Waals surface area contributed by atoms with Gasteiger partial charge in [-0.2, -0.15) is 0 Å². The van der Waals surface area contributed by atoms with Crippen LogP contribution in [0.1, 0.15) is 11.1 Å². The second-order valence-corrected chi connectivity index (χ2v) is 4.95. The van der Waals surface area contributed by atoms with Crippen LogP contribution in [-0.4, -0.2) is 0 Å². The third kappa shape index (κ3) is 3.57. The Hall–Kier alpha value is -1.86. The lowest BCUT2D eigenvalue weighted by molar-refractivity contribution is 0.499. The van der Waals surface area contributed by atoms with Gasteiger partial charge in [0.25, 0.3) is 0 Å². The monoisotopic (exact) mass is 260 g/mol. The predicted molar refractivity (Wildman–Crippen MR) is 73.3 cm³/mol. The number of nitrogens with one attached hydrogen (secondary N) is 1. The fraction of sp³-hybridized carbons (Fsp3) is 0.143. The summed E-state index contributed by atoms with van der Waals surface area (Å²) in [6.07, 6.45) is 0. The SMILES string of the molecule is Cc1ccc(O[P+](=N)Oc2ccc(C)cc2)cc1. The molecule has 0 unspecified atom stereocenters. The largest absolute Gasteiger partial charge is 0.664 e. The van der Waals surface area contributed by atoms with Crippen LogP contribution in [0, 0.1) is 19.0 Å². The van der Waals surface area contributed by atoms with Gasteiger partial charge in [0.05, 0.1) is 0 Å². The van der Waals surface area contributed by atoms with Gasteiger partial charge in [-0.05, 0) is 43.3 Å². The van der Waals surface area contributed by atoms with Crippen molar-refractivity contribution in [1.82, 2.24) is 0 Å². The second kappa shape index (κ2) is 5.65. The van der Waals surface area contributed by atoms with Crippen molar-refractivity contribution in [3.63, 3.8) is 0 Å². The first-order valence-electron chi connectivity index (χ1n) is 5.64. The predicted octanol–water partition coefficient (Wildman–Crippen LogP) is 4.84. The molecule has 0 aromatic heterocycles. The average Bonchev–Trinajstić information content (AvgIpc) is 2.35. The van der Waals surface area contributed by atoms with E-state index in [1.54, 1.807) is 0 Å². The summed E-state index contributed by atoms with van der Waals surface area (Å²) in [6.45, 7) is 4.02. The van der Waals surface area contributed by atoms with Gasteiger partial charge < -0.3 is 0 Å². The van der Waals surface area contributed by atoms with E-state index in [4.69, 9.17) is 14.2 Å². The van der Waals surface area contributed by atoms with Crippen molar-refractivity contribution in [2.75, 3.05) is 0 Å². The maximum atomic E-state index is 7.77. The van der Waals surface area contributed by atoms with Crippen molar-refractivity contribution >= 4 is 8.17 Å². The van der Waals surface area contributed by atoms with E-state index in [-0.39, 0.29) is 0 Å². The van der Waals surface area contributed by atoms with Crippen LogP contribution in [0.4, 0.5) is 0 Å². The fourth-order valence-electron chi connectivity index (χ4n) is 1.41. The number of hydrogen-bond acceptors (Lipinski definition) is 3. The van der Waals surface area contributed by atoms with E-state index in [0.717, 1.165) is 11.1 Å². The van der Waals surface area contributed by atoms with Gasteiger partial charge in [0.15, 0.2) is 11.5 Å². The van der Waals surface area contributed by atoms with Crippen LogP contribution in [0.2, 0.25) is 0 Å². The zero-order valence-electron chi connectivity index (χ0n) is 10.4. The minimum Gasteiger partial charge on any atom is -0.236 e. The lowest BCUT2D eigenvalue weighted by Crippen LogP contribution is -1.88. The van der Waals surface area contributed by atoms with Gasteiger partial charge in [-0.25, -0.2) is 9.05 Å². The molecule has 0 atom stereocenters. The molecule has 0 aliphatic carbocycles. The standard InChI is InChI=1S/C14H15NO2P/c1-11-3-7-13(8-4-11)16-18(15)17-14-9-5-12(2)6-10-14/h3-10,15H,1-2H3/q+1. The van der Waals surface area contributed by atoms with Crippen molar-refractivity contribution < 1.29 is 9.05 Å². The number of rotatable bonds is 4. The lowest BCUT2D eigenvalue weighted by Gasteiger charge is -1.97. The summed E-state index contributed by atoms with van der Waals surface area (Å²) in [4.78, 5) is 0. The lowest BCUT2D eigenvalue weighted by atomic mass is 10.2. The quantitative estimate of drug-likeness (QED) is 0.799. The second-order valence-electron chi connectivity index (χ2n) is 4.07. The molecule has 2 rings (SSSR count).